The third-order valence-corrected chi connectivity index (χ3v) is 4.09. The standard InChI is InChI=1S/C17H15F3N4O2/c1-2-3-12-14-13(11(8-21)15(22)25-16(14)24-23-12)9-4-6-10(7-5-9)26-17(18,19)20/h4-7,11,13,22H,2-3H2,1H3,(H,23,24). The normalized spacial score (nSPS) is 19.4. The van der Waals surface area contributed by atoms with Gasteiger partial charge in [-0.1, -0.05) is 25.5 Å². The molecule has 2 N–H and O–H groups in total. The Morgan fingerprint density at radius 1 is 1.35 bits per heavy atom. The zero-order chi connectivity index (χ0) is 18.9. The maximum Gasteiger partial charge on any atom is 0.573 e. The summed E-state index contributed by atoms with van der Waals surface area (Å²) in [6, 6.07) is 7.35. The van der Waals surface area contributed by atoms with Crippen LogP contribution in [0.4, 0.5) is 13.2 Å². The van der Waals surface area contributed by atoms with Crippen molar-refractivity contribution in [3.63, 3.8) is 0 Å². The van der Waals surface area contributed by atoms with Gasteiger partial charge in [0.05, 0.1) is 6.07 Å². The molecule has 0 saturated heterocycles. The van der Waals surface area contributed by atoms with Crippen molar-refractivity contribution in [2.45, 2.75) is 32.0 Å². The predicted octanol–water partition coefficient (Wildman–Crippen LogP) is 3.90. The molecule has 3 rings (SSSR count). The number of H-pyrrole nitrogens is 1. The summed E-state index contributed by atoms with van der Waals surface area (Å²) in [5.74, 6) is -1.82. The summed E-state index contributed by atoms with van der Waals surface area (Å²) in [6.45, 7) is 1.99. The number of benzene rings is 1. The fourth-order valence-electron chi connectivity index (χ4n) is 3.06. The first-order chi connectivity index (χ1) is 12.3. The minimum atomic E-state index is -4.77. The minimum absolute atomic E-state index is 0.227. The van der Waals surface area contributed by atoms with Crippen molar-refractivity contribution in [1.82, 2.24) is 10.2 Å². The molecular formula is C17H15F3N4O2. The van der Waals surface area contributed by atoms with Crippen molar-refractivity contribution in [2.75, 3.05) is 0 Å². The fraction of sp³-hybridized carbons (Fsp3) is 0.353. The van der Waals surface area contributed by atoms with E-state index in [4.69, 9.17) is 10.1 Å². The first kappa shape index (κ1) is 17.8. The van der Waals surface area contributed by atoms with Crippen LogP contribution < -0.4 is 9.47 Å². The molecule has 26 heavy (non-hydrogen) atoms. The second kappa shape index (κ2) is 6.71. The zero-order valence-corrected chi connectivity index (χ0v) is 13.7. The van der Waals surface area contributed by atoms with E-state index in [9.17, 15) is 18.4 Å². The van der Waals surface area contributed by atoms with Gasteiger partial charge in [0.25, 0.3) is 0 Å². The van der Waals surface area contributed by atoms with E-state index in [1.165, 1.54) is 24.3 Å². The van der Waals surface area contributed by atoms with Crippen LogP contribution in [0.1, 0.15) is 36.1 Å². The van der Waals surface area contributed by atoms with E-state index in [0.717, 1.165) is 12.1 Å². The number of hydrogen-bond donors (Lipinski definition) is 2. The number of aromatic nitrogens is 2. The van der Waals surface area contributed by atoms with E-state index in [1.807, 2.05) is 6.92 Å². The second-order valence-electron chi connectivity index (χ2n) is 5.84. The smallest absolute Gasteiger partial charge is 0.422 e. The van der Waals surface area contributed by atoms with Crippen molar-refractivity contribution >= 4 is 5.90 Å². The van der Waals surface area contributed by atoms with Crippen LogP contribution in [-0.2, 0) is 6.42 Å². The largest absolute Gasteiger partial charge is 0.573 e. The van der Waals surface area contributed by atoms with Crippen LogP contribution in [0.5, 0.6) is 11.6 Å². The predicted molar refractivity (Wildman–Crippen MR) is 85.0 cm³/mol. The van der Waals surface area contributed by atoms with Crippen LogP contribution in [0.3, 0.4) is 0 Å². The maximum atomic E-state index is 12.3. The number of nitrogens with one attached hydrogen (secondary N) is 2. The molecule has 0 fully saturated rings. The Morgan fingerprint density at radius 2 is 2.04 bits per heavy atom. The lowest BCUT2D eigenvalue weighted by molar-refractivity contribution is -0.274. The molecule has 1 aromatic heterocycles. The molecular weight excluding hydrogens is 349 g/mol. The molecule has 0 spiro atoms. The number of ether oxygens (including phenoxy) is 2. The van der Waals surface area contributed by atoms with E-state index in [-0.39, 0.29) is 17.5 Å². The third-order valence-electron chi connectivity index (χ3n) is 4.09. The molecule has 2 heterocycles. The Labute approximate surface area is 147 Å². The summed E-state index contributed by atoms with van der Waals surface area (Å²) in [4.78, 5) is 0. The number of halogens is 3. The molecule has 1 aliphatic rings. The summed E-state index contributed by atoms with van der Waals surface area (Å²) < 4.78 is 46.2. The van der Waals surface area contributed by atoms with Gasteiger partial charge in [-0.3, -0.25) is 10.5 Å². The lowest BCUT2D eigenvalue weighted by Crippen LogP contribution is -2.31. The van der Waals surface area contributed by atoms with Gasteiger partial charge in [-0.15, -0.1) is 18.3 Å². The van der Waals surface area contributed by atoms with Crippen molar-refractivity contribution in [1.29, 1.82) is 10.7 Å². The average molecular weight is 364 g/mol. The highest BCUT2D eigenvalue weighted by molar-refractivity contribution is 5.84. The van der Waals surface area contributed by atoms with Crippen molar-refractivity contribution in [3.05, 3.63) is 41.1 Å². The van der Waals surface area contributed by atoms with Gasteiger partial charge in [0.1, 0.15) is 11.7 Å². The quantitative estimate of drug-likeness (QED) is 0.860. The molecule has 2 aromatic rings. The number of aryl methyl sites for hydroxylation is 1. The first-order valence-electron chi connectivity index (χ1n) is 7.92. The minimum Gasteiger partial charge on any atom is -0.422 e. The molecule has 9 heteroatoms. The molecule has 2 unspecified atom stereocenters. The van der Waals surface area contributed by atoms with E-state index in [1.54, 1.807) is 0 Å². The number of aromatic amines is 1. The highest BCUT2D eigenvalue weighted by Crippen LogP contribution is 2.43. The summed E-state index contributed by atoms with van der Waals surface area (Å²) >= 11 is 0. The third kappa shape index (κ3) is 3.35. The van der Waals surface area contributed by atoms with Crippen molar-refractivity contribution < 1.29 is 22.6 Å². The van der Waals surface area contributed by atoms with Gasteiger partial charge < -0.3 is 9.47 Å². The maximum absolute atomic E-state index is 12.3. The topological polar surface area (TPSA) is 94.8 Å². The molecule has 0 saturated carbocycles. The Balaban J connectivity index is 2.03. The van der Waals surface area contributed by atoms with Gasteiger partial charge in [-0.05, 0) is 24.1 Å². The molecule has 6 nitrogen and oxygen atoms in total. The SMILES string of the molecule is CCCc1[nH]nc2c1C(c1ccc(OC(F)(F)F)cc1)C(C#N)C(=N)O2. The van der Waals surface area contributed by atoms with Crippen LogP contribution >= 0.6 is 0 Å². The highest BCUT2D eigenvalue weighted by Gasteiger charge is 2.40. The molecule has 0 radical (unpaired) electrons. The van der Waals surface area contributed by atoms with Gasteiger partial charge in [0.2, 0.25) is 11.8 Å². The van der Waals surface area contributed by atoms with E-state index in [0.29, 0.717) is 17.5 Å². The molecule has 0 aliphatic carbocycles. The Bertz CT molecular complexity index is 852. The Hall–Kier alpha value is -3.02. The average Bonchev–Trinajstić information content (AvgIpc) is 2.96. The van der Waals surface area contributed by atoms with Crippen LogP contribution in [0.15, 0.2) is 24.3 Å². The van der Waals surface area contributed by atoms with Gasteiger partial charge in [0, 0.05) is 17.2 Å². The molecule has 2 atom stereocenters. The van der Waals surface area contributed by atoms with Crippen molar-refractivity contribution in [3.8, 4) is 17.7 Å². The fourth-order valence-corrected chi connectivity index (χ4v) is 3.06. The Morgan fingerprint density at radius 3 is 2.62 bits per heavy atom. The monoisotopic (exact) mass is 364 g/mol. The summed E-state index contributed by atoms with van der Waals surface area (Å²) in [6.07, 6.45) is -3.28. The molecule has 1 aliphatic heterocycles. The number of alkyl halides is 3. The molecule has 1 aromatic carbocycles. The van der Waals surface area contributed by atoms with Gasteiger partial charge in [-0.2, -0.15) is 5.26 Å². The van der Waals surface area contributed by atoms with E-state index in [2.05, 4.69) is 21.0 Å². The van der Waals surface area contributed by atoms with Gasteiger partial charge in [0.15, 0.2) is 0 Å². The van der Waals surface area contributed by atoms with Crippen LogP contribution in [0, 0.1) is 22.7 Å². The number of nitriles is 1. The van der Waals surface area contributed by atoms with E-state index < -0.39 is 18.2 Å². The summed E-state index contributed by atoms with van der Waals surface area (Å²) in [5.41, 5.74) is 2.04. The van der Waals surface area contributed by atoms with Gasteiger partial charge >= 0.3 is 6.36 Å². The number of rotatable bonds is 4. The first-order valence-corrected chi connectivity index (χ1v) is 7.92. The van der Waals surface area contributed by atoms with Crippen LogP contribution in [-0.4, -0.2) is 22.5 Å². The lowest BCUT2D eigenvalue weighted by Gasteiger charge is -2.28. The van der Waals surface area contributed by atoms with Crippen molar-refractivity contribution in [2.24, 2.45) is 5.92 Å². The zero-order valence-electron chi connectivity index (χ0n) is 13.7. The lowest BCUT2D eigenvalue weighted by atomic mass is 9.79. The number of hydrogen-bond acceptors (Lipinski definition) is 5. The van der Waals surface area contributed by atoms with E-state index >= 15 is 0 Å². The summed E-state index contributed by atoms with van der Waals surface area (Å²) in [5, 5.41) is 24.4. The summed E-state index contributed by atoms with van der Waals surface area (Å²) in [7, 11) is 0. The van der Waals surface area contributed by atoms with Crippen LogP contribution in [0.25, 0.3) is 0 Å². The molecule has 0 bridgehead atoms. The van der Waals surface area contributed by atoms with Crippen LogP contribution in [0.2, 0.25) is 0 Å². The Kier molecular flexibility index (Phi) is 4.59. The van der Waals surface area contributed by atoms with Gasteiger partial charge in [-0.25, -0.2) is 0 Å². The molecule has 136 valence electrons. The number of fused-ring (bicyclic) bond motifs is 1. The highest BCUT2D eigenvalue weighted by atomic mass is 19.4. The molecule has 0 amide bonds. The number of nitrogens with zero attached hydrogens (tertiary/aromatic N) is 2. The second-order valence-corrected chi connectivity index (χ2v) is 5.84.